The van der Waals surface area contributed by atoms with E-state index in [0.29, 0.717) is 12.3 Å². The lowest BCUT2D eigenvalue weighted by atomic mass is 10.1. The molecule has 2 nitrogen and oxygen atoms in total. The molecule has 0 spiro atoms. The van der Waals surface area contributed by atoms with Crippen molar-refractivity contribution in [3.8, 4) is 5.75 Å². The summed E-state index contributed by atoms with van der Waals surface area (Å²) in [6.45, 7) is 0.552. The Bertz CT molecular complexity index is 342. The molecule has 0 heterocycles. The van der Waals surface area contributed by atoms with E-state index in [1.165, 1.54) is 5.56 Å². The van der Waals surface area contributed by atoms with Crippen LogP contribution in [0.4, 0.5) is 0 Å². The molecule has 1 aliphatic carbocycles. The van der Waals surface area contributed by atoms with Crippen molar-refractivity contribution in [2.45, 2.75) is 6.42 Å². The largest absolute Gasteiger partial charge is 0.508 e. The number of allylic oxidation sites excluding steroid dienone is 1. The van der Waals surface area contributed by atoms with Crippen LogP contribution in [0.2, 0.25) is 0 Å². The van der Waals surface area contributed by atoms with E-state index in [-0.39, 0.29) is 0 Å². The smallest absolute Gasteiger partial charge is 0.116 e. The first-order valence-corrected chi connectivity index (χ1v) is 4.02. The highest BCUT2D eigenvalue weighted by Crippen LogP contribution is 2.29. The fourth-order valence-corrected chi connectivity index (χ4v) is 1.58. The Hall–Kier alpha value is -1.28. The van der Waals surface area contributed by atoms with Crippen LogP contribution in [-0.2, 0) is 6.42 Å². The fraction of sp³-hybridized carbons (Fsp3) is 0.200. The van der Waals surface area contributed by atoms with Gasteiger partial charge in [0.2, 0.25) is 0 Å². The summed E-state index contributed by atoms with van der Waals surface area (Å²) in [6, 6.07) is 5.44. The van der Waals surface area contributed by atoms with E-state index < -0.39 is 0 Å². The molecule has 0 atom stereocenters. The van der Waals surface area contributed by atoms with Crippen LogP contribution in [0, 0.1) is 0 Å². The summed E-state index contributed by atoms with van der Waals surface area (Å²) in [5.74, 6) is 0.315. The number of aromatic hydroxyl groups is 1. The summed E-state index contributed by atoms with van der Waals surface area (Å²) in [7, 11) is 0. The van der Waals surface area contributed by atoms with E-state index >= 15 is 0 Å². The van der Waals surface area contributed by atoms with E-state index in [0.717, 1.165) is 17.6 Å². The molecule has 1 aromatic carbocycles. The van der Waals surface area contributed by atoms with Gasteiger partial charge >= 0.3 is 0 Å². The van der Waals surface area contributed by atoms with E-state index in [1.807, 2.05) is 6.07 Å². The minimum Gasteiger partial charge on any atom is -0.508 e. The lowest BCUT2D eigenvalue weighted by Crippen LogP contribution is -2.00. The first kappa shape index (κ1) is 7.37. The highest BCUT2D eigenvalue weighted by atomic mass is 16.3. The van der Waals surface area contributed by atoms with Crippen LogP contribution in [0.1, 0.15) is 11.1 Å². The Labute approximate surface area is 71.3 Å². The Kier molecular flexibility index (Phi) is 1.62. The maximum atomic E-state index is 9.24. The van der Waals surface area contributed by atoms with Crippen molar-refractivity contribution in [1.82, 2.24) is 0 Å². The molecule has 0 aromatic heterocycles. The second-order valence-electron chi connectivity index (χ2n) is 2.98. The number of hydrogen-bond donors (Lipinski definition) is 2. The summed E-state index contributed by atoms with van der Waals surface area (Å²) in [6.07, 6.45) is 3.06. The van der Waals surface area contributed by atoms with Crippen LogP contribution in [0.5, 0.6) is 5.75 Å². The van der Waals surface area contributed by atoms with Gasteiger partial charge in [-0.2, -0.15) is 0 Å². The molecule has 0 aliphatic heterocycles. The average molecular weight is 161 g/mol. The van der Waals surface area contributed by atoms with Crippen molar-refractivity contribution in [3.05, 3.63) is 35.4 Å². The van der Waals surface area contributed by atoms with Gasteiger partial charge in [0.1, 0.15) is 5.75 Å². The average Bonchev–Trinajstić information content (AvgIpc) is 2.46. The predicted molar refractivity (Wildman–Crippen MR) is 48.8 cm³/mol. The zero-order chi connectivity index (χ0) is 8.55. The van der Waals surface area contributed by atoms with Crippen molar-refractivity contribution >= 4 is 5.57 Å². The molecule has 0 radical (unpaired) electrons. The Morgan fingerprint density at radius 1 is 1.42 bits per heavy atom. The van der Waals surface area contributed by atoms with Crippen LogP contribution in [-0.4, -0.2) is 11.7 Å². The summed E-state index contributed by atoms with van der Waals surface area (Å²) in [5.41, 5.74) is 9.05. The van der Waals surface area contributed by atoms with Gasteiger partial charge < -0.3 is 10.8 Å². The first-order chi connectivity index (χ1) is 5.81. The van der Waals surface area contributed by atoms with Gasteiger partial charge in [0, 0.05) is 6.54 Å². The summed E-state index contributed by atoms with van der Waals surface area (Å²) in [5, 5.41) is 9.24. The molecule has 0 fully saturated rings. The quantitative estimate of drug-likeness (QED) is 0.652. The van der Waals surface area contributed by atoms with Crippen LogP contribution in [0.15, 0.2) is 24.3 Å². The molecule has 1 aromatic rings. The Balaban J connectivity index is 2.50. The van der Waals surface area contributed by atoms with Gasteiger partial charge in [-0.05, 0) is 35.3 Å². The van der Waals surface area contributed by atoms with E-state index in [9.17, 15) is 5.11 Å². The molecular weight excluding hydrogens is 150 g/mol. The van der Waals surface area contributed by atoms with Gasteiger partial charge in [-0.25, -0.2) is 0 Å². The van der Waals surface area contributed by atoms with Gasteiger partial charge in [0.05, 0.1) is 0 Å². The molecule has 0 saturated carbocycles. The number of phenolic OH excluding ortho intramolecular Hbond substituents is 1. The molecule has 2 heteroatoms. The number of phenols is 1. The van der Waals surface area contributed by atoms with Gasteiger partial charge in [-0.15, -0.1) is 0 Å². The van der Waals surface area contributed by atoms with Crippen LogP contribution in [0.3, 0.4) is 0 Å². The Morgan fingerprint density at radius 2 is 2.25 bits per heavy atom. The molecule has 0 unspecified atom stereocenters. The minimum atomic E-state index is 0.315. The molecule has 3 N–H and O–H groups in total. The van der Waals surface area contributed by atoms with Crippen molar-refractivity contribution < 1.29 is 5.11 Å². The molecule has 62 valence electrons. The molecule has 1 aliphatic rings. The van der Waals surface area contributed by atoms with E-state index in [1.54, 1.807) is 12.1 Å². The maximum Gasteiger partial charge on any atom is 0.116 e. The SMILES string of the molecule is NCC1=CCc2ccc(O)cc21. The van der Waals surface area contributed by atoms with Gasteiger partial charge in [0.15, 0.2) is 0 Å². The lowest BCUT2D eigenvalue weighted by Gasteiger charge is -2.02. The molecule has 0 amide bonds. The zero-order valence-corrected chi connectivity index (χ0v) is 6.75. The number of rotatable bonds is 1. The topological polar surface area (TPSA) is 46.2 Å². The van der Waals surface area contributed by atoms with Crippen LogP contribution < -0.4 is 5.73 Å². The zero-order valence-electron chi connectivity index (χ0n) is 6.75. The van der Waals surface area contributed by atoms with E-state index in [2.05, 4.69) is 6.08 Å². The van der Waals surface area contributed by atoms with Crippen LogP contribution in [0.25, 0.3) is 5.57 Å². The maximum absolute atomic E-state index is 9.24. The molecule has 0 bridgehead atoms. The monoisotopic (exact) mass is 161 g/mol. The van der Waals surface area contributed by atoms with Crippen molar-refractivity contribution in [1.29, 1.82) is 0 Å². The number of hydrogen-bond acceptors (Lipinski definition) is 2. The second kappa shape index (κ2) is 2.64. The summed E-state index contributed by atoms with van der Waals surface area (Å²) >= 11 is 0. The van der Waals surface area contributed by atoms with E-state index in [4.69, 9.17) is 5.73 Å². The third kappa shape index (κ3) is 1.01. The Morgan fingerprint density at radius 3 is 3.00 bits per heavy atom. The highest BCUT2D eigenvalue weighted by molar-refractivity contribution is 5.74. The first-order valence-electron chi connectivity index (χ1n) is 4.02. The van der Waals surface area contributed by atoms with Crippen molar-refractivity contribution in [2.24, 2.45) is 5.73 Å². The minimum absolute atomic E-state index is 0.315. The van der Waals surface area contributed by atoms with Crippen LogP contribution >= 0.6 is 0 Å². The lowest BCUT2D eigenvalue weighted by molar-refractivity contribution is 0.475. The third-order valence-corrected chi connectivity index (χ3v) is 2.23. The molecule has 2 rings (SSSR count). The predicted octanol–water partition coefficient (Wildman–Crippen LogP) is 1.29. The third-order valence-electron chi connectivity index (χ3n) is 2.23. The van der Waals surface area contributed by atoms with Crippen molar-refractivity contribution in [3.63, 3.8) is 0 Å². The van der Waals surface area contributed by atoms with Gasteiger partial charge in [-0.3, -0.25) is 0 Å². The molecule has 0 saturated heterocycles. The molecular formula is C10H11NO. The summed E-state index contributed by atoms with van der Waals surface area (Å²) < 4.78 is 0. The molecule has 12 heavy (non-hydrogen) atoms. The van der Waals surface area contributed by atoms with Gasteiger partial charge in [0.25, 0.3) is 0 Å². The summed E-state index contributed by atoms with van der Waals surface area (Å²) in [4.78, 5) is 0. The standard InChI is InChI=1S/C10H11NO/c11-6-8-2-1-7-3-4-9(12)5-10(7)8/h2-5,12H,1,6,11H2. The number of benzene rings is 1. The normalized spacial score (nSPS) is 14.2. The van der Waals surface area contributed by atoms with Gasteiger partial charge in [-0.1, -0.05) is 12.1 Å². The second-order valence-corrected chi connectivity index (χ2v) is 2.98. The number of nitrogens with two attached hydrogens (primary N) is 1. The highest BCUT2D eigenvalue weighted by Gasteiger charge is 2.12. The van der Waals surface area contributed by atoms with Crippen molar-refractivity contribution in [2.75, 3.05) is 6.54 Å². The number of fused-ring (bicyclic) bond motifs is 1. The fourth-order valence-electron chi connectivity index (χ4n) is 1.58.